The van der Waals surface area contributed by atoms with E-state index in [0.29, 0.717) is 25.1 Å². The largest absolute Gasteiger partial charge is 0.396 e. The van der Waals surface area contributed by atoms with E-state index in [1.54, 1.807) is 0 Å². The van der Waals surface area contributed by atoms with E-state index >= 15 is 0 Å². The van der Waals surface area contributed by atoms with Gasteiger partial charge in [0.1, 0.15) is 0 Å². The average Bonchev–Trinajstić information content (AvgIpc) is 2.42. The van der Waals surface area contributed by atoms with Crippen LogP contribution in [0.25, 0.3) is 0 Å². The van der Waals surface area contributed by atoms with Crippen LogP contribution in [0, 0.1) is 20.2 Å². The number of aliphatic hydroxyl groups is 1. The Morgan fingerprint density at radius 3 is 2.38 bits per heavy atom. The Morgan fingerprint density at radius 2 is 1.90 bits per heavy atom. The molecular weight excluding hydrogens is 278 g/mol. The van der Waals surface area contributed by atoms with Gasteiger partial charge in [-0.05, 0) is 26.3 Å². The van der Waals surface area contributed by atoms with Crippen LogP contribution < -0.4 is 0 Å². The molecule has 0 amide bonds. The topological polar surface area (TPSA) is 110 Å². The first-order valence-corrected chi connectivity index (χ1v) is 6.63. The number of hydrogen-bond acceptors (Lipinski definition) is 6. The Balaban J connectivity index is 3.05. The maximum atomic E-state index is 11.1. The van der Waals surface area contributed by atoms with Crippen LogP contribution in [0.1, 0.15) is 25.8 Å². The van der Waals surface area contributed by atoms with Gasteiger partial charge in [0.2, 0.25) is 0 Å². The fourth-order valence-electron chi connectivity index (χ4n) is 1.98. The minimum Gasteiger partial charge on any atom is -0.396 e. The first-order chi connectivity index (χ1) is 9.86. The summed E-state index contributed by atoms with van der Waals surface area (Å²) < 4.78 is 0. The molecule has 0 spiro atoms. The molecule has 1 N–H and O–H groups in total. The molecule has 0 saturated heterocycles. The summed E-state index contributed by atoms with van der Waals surface area (Å²) in [6, 6.07) is 3.82. The van der Waals surface area contributed by atoms with Crippen molar-refractivity contribution < 1.29 is 15.0 Å². The van der Waals surface area contributed by atoms with Gasteiger partial charge in [0.25, 0.3) is 11.4 Å². The summed E-state index contributed by atoms with van der Waals surface area (Å²) in [7, 11) is 0. The Hall–Kier alpha value is -2.06. The van der Waals surface area contributed by atoms with Crippen molar-refractivity contribution in [1.29, 1.82) is 0 Å². The number of nitro groups is 2. The number of benzene rings is 1. The molecule has 8 nitrogen and oxygen atoms in total. The lowest BCUT2D eigenvalue weighted by atomic mass is 10.1. The molecule has 0 aliphatic heterocycles. The lowest BCUT2D eigenvalue weighted by Gasteiger charge is -2.26. The molecule has 21 heavy (non-hydrogen) atoms. The van der Waals surface area contributed by atoms with Crippen molar-refractivity contribution in [3.8, 4) is 0 Å². The second-order valence-electron chi connectivity index (χ2n) is 4.97. The molecule has 0 bridgehead atoms. The van der Waals surface area contributed by atoms with E-state index in [-0.39, 0.29) is 24.0 Å². The summed E-state index contributed by atoms with van der Waals surface area (Å²) in [5.41, 5.74) is -0.118. The Labute approximate surface area is 122 Å². The maximum absolute atomic E-state index is 11.1. The van der Waals surface area contributed by atoms with Crippen molar-refractivity contribution in [1.82, 2.24) is 4.90 Å². The standard InChI is InChI=1S/C13H19N3O5/c1-10(2)14(6-3-7-17)9-11-4-5-12(15(18)19)8-13(11)16(20)21/h4-5,8,10,17H,3,6-7,9H2,1-2H3. The molecule has 0 aromatic heterocycles. The van der Waals surface area contributed by atoms with Gasteiger partial charge in [0.05, 0.1) is 15.9 Å². The van der Waals surface area contributed by atoms with Crippen molar-refractivity contribution in [2.45, 2.75) is 32.9 Å². The average molecular weight is 297 g/mol. The molecule has 1 aromatic carbocycles. The quantitative estimate of drug-likeness (QED) is 0.581. The Kier molecular flexibility index (Phi) is 6.19. The number of rotatable bonds is 8. The summed E-state index contributed by atoms with van der Waals surface area (Å²) in [6.45, 7) is 4.86. The van der Waals surface area contributed by atoms with Gasteiger partial charge in [0.15, 0.2) is 0 Å². The zero-order chi connectivity index (χ0) is 16.0. The van der Waals surface area contributed by atoms with Crippen LogP contribution in [-0.2, 0) is 6.54 Å². The second kappa shape index (κ2) is 7.65. The van der Waals surface area contributed by atoms with Crippen LogP contribution in [0.5, 0.6) is 0 Å². The van der Waals surface area contributed by atoms with Gasteiger partial charge >= 0.3 is 0 Å². The molecule has 8 heteroatoms. The predicted octanol–water partition coefficient (Wildman–Crippen LogP) is 2.10. The third kappa shape index (κ3) is 4.76. The fourth-order valence-corrected chi connectivity index (χ4v) is 1.98. The molecule has 0 unspecified atom stereocenters. The van der Waals surface area contributed by atoms with Crippen LogP contribution in [0.15, 0.2) is 18.2 Å². The molecule has 0 saturated carbocycles. The van der Waals surface area contributed by atoms with Crippen molar-refractivity contribution in [3.05, 3.63) is 44.0 Å². The number of non-ortho nitro benzene ring substituents is 1. The number of nitrogens with zero attached hydrogens (tertiary/aromatic N) is 3. The normalized spacial score (nSPS) is 11.1. The highest BCUT2D eigenvalue weighted by atomic mass is 16.6. The van der Waals surface area contributed by atoms with Gasteiger partial charge in [-0.25, -0.2) is 0 Å². The first kappa shape index (κ1) is 17.0. The minimum atomic E-state index is -0.650. The van der Waals surface area contributed by atoms with Crippen molar-refractivity contribution in [3.63, 3.8) is 0 Å². The third-order valence-corrected chi connectivity index (χ3v) is 3.18. The molecule has 0 aliphatic carbocycles. The van der Waals surface area contributed by atoms with Crippen molar-refractivity contribution in [2.75, 3.05) is 13.2 Å². The summed E-state index contributed by atoms with van der Waals surface area (Å²) in [4.78, 5) is 22.5. The Morgan fingerprint density at radius 1 is 1.24 bits per heavy atom. The van der Waals surface area contributed by atoms with Gasteiger partial charge < -0.3 is 5.11 Å². The number of hydrogen-bond donors (Lipinski definition) is 1. The molecule has 0 radical (unpaired) electrons. The van der Waals surface area contributed by atoms with Crippen LogP contribution in [-0.4, -0.2) is 39.0 Å². The smallest absolute Gasteiger partial charge is 0.280 e. The minimum absolute atomic E-state index is 0.0472. The highest BCUT2D eigenvalue weighted by molar-refractivity contribution is 5.49. The van der Waals surface area contributed by atoms with Crippen molar-refractivity contribution in [2.24, 2.45) is 0 Å². The number of aliphatic hydroxyl groups excluding tert-OH is 1. The van der Waals surface area contributed by atoms with E-state index in [2.05, 4.69) is 0 Å². The molecular formula is C13H19N3O5. The third-order valence-electron chi connectivity index (χ3n) is 3.18. The summed E-state index contributed by atoms with van der Waals surface area (Å²) in [5, 5.41) is 30.7. The molecule has 116 valence electrons. The van der Waals surface area contributed by atoms with E-state index < -0.39 is 9.85 Å². The van der Waals surface area contributed by atoms with Crippen LogP contribution in [0.3, 0.4) is 0 Å². The SMILES string of the molecule is CC(C)N(CCCO)Cc1ccc([N+](=O)[O-])cc1[N+](=O)[O-]. The fraction of sp³-hybridized carbons (Fsp3) is 0.538. The Bertz CT molecular complexity index is 519. The monoisotopic (exact) mass is 297 g/mol. The highest BCUT2D eigenvalue weighted by Gasteiger charge is 2.21. The highest BCUT2D eigenvalue weighted by Crippen LogP contribution is 2.26. The van der Waals surface area contributed by atoms with E-state index in [9.17, 15) is 20.2 Å². The molecule has 0 aliphatic rings. The predicted molar refractivity (Wildman–Crippen MR) is 77.0 cm³/mol. The van der Waals surface area contributed by atoms with E-state index in [0.717, 1.165) is 6.07 Å². The number of nitro benzene ring substituents is 2. The molecule has 1 aromatic rings. The lowest BCUT2D eigenvalue weighted by Crippen LogP contribution is -2.32. The van der Waals surface area contributed by atoms with Gasteiger partial charge in [-0.2, -0.15) is 0 Å². The second-order valence-corrected chi connectivity index (χ2v) is 4.97. The van der Waals surface area contributed by atoms with Gasteiger partial charge in [0, 0.05) is 37.4 Å². The van der Waals surface area contributed by atoms with Gasteiger partial charge in [-0.3, -0.25) is 25.1 Å². The molecule has 1 rings (SSSR count). The molecule has 0 fully saturated rings. The maximum Gasteiger partial charge on any atom is 0.280 e. The zero-order valence-corrected chi connectivity index (χ0v) is 12.1. The first-order valence-electron chi connectivity index (χ1n) is 6.63. The van der Waals surface area contributed by atoms with Gasteiger partial charge in [-0.15, -0.1) is 0 Å². The van der Waals surface area contributed by atoms with Crippen LogP contribution in [0.2, 0.25) is 0 Å². The van der Waals surface area contributed by atoms with Crippen LogP contribution in [0.4, 0.5) is 11.4 Å². The van der Waals surface area contributed by atoms with Gasteiger partial charge in [-0.1, -0.05) is 0 Å². The van der Waals surface area contributed by atoms with Crippen LogP contribution >= 0.6 is 0 Å². The zero-order valence-electron chi connectivity index (χ0n) is 12.1. The van der Waals surface area contributed by atoms with E-state index in [1.165, 1.54) is 12.1 Å². The van der Waals surface area contributed by atoms with Crippen molar-refractivity contribution >= 4 is 11.4 Å². The summed E-state index contributed by atoms with van der Waals surface area (Å²) in [6.07, 6.45) is 0.568. The summed E-state index contributed by atoms with van der Waals surface area (Å²) >= 11 is 0. The molecule has 0 heterocycles. The molecule has 0 atom stereocenters. The lowest BCUT2D eigenvalue weighted by molar-refractivity contribution is -0.394. The van der Waals surface area contributed by atoms with E-state index in [4.69, 9.17) is 5.11 Å². The summed E-state index contributed by atoms with van der Waals surface area (Å²) in [5.74, 6) is 0. The van der Waals surface area contributed by atoms with E-state index in [1.807, 2.05) is 18.7 Å².